The summed E-state index contributed by atoms with van der Waals surface area (Å²) in [5, 5.41) is 0. The lowest BCUT2D eigenvalue weighted by molar-refractivity contribution is -0.0378. The number of carbonyl (C=O) groups is 1. The van der Waals surface area contributed by atoms with Gasteiger partial charge in [-0.05, 0) is 54.8 Å². The summed E-state index contributed by atoms with van der Waals surface area (Å²) < 4.78 is 11.9. The standard InChI is InChI=1S/C16H24BrN3O3/c1-16(2,3)23-15(21)20-4-5-22-10-14(20)13(18)7-11-6-12(17)9-19-8-11/h6,8-9,13-14H,4-5,7,10,18H2,1-3H3. The minimum Gasteiger partial charge on any atom is -0.444 e. The van der Waals surface area contributed by atoms with Gasteiger partial charge in [0, 0.05) is 29.5 Å². The fourth-order valence-corrected chi connectivity index (χ4v) is 2.91. The van der Waals surface area contributed by atoms with Gasteiger partial charge in [0.1, 0.15) is 5.60 Å². The number of hydrogen-bond donors (Lipinski definition) is 1. The molecule has 1 fully saturated rings. The Bertz CT molecular complexity index is 548. The summed E-state index contributed by atoms with van der Waals surface area (Å²) in [5.41, 5.74) is 6.84. The number of nitrogens with two attached hydrogens (primary N) is 1. The van der Waals surface area contributed by atoms with E-state index in [0.717, 1.165) is 10.0 Å². The molecule has 7 heteroatoms. The van der Waals surface area contributed by atoms with Crippen molar-refractivity contribution in [3.05, 3.63) is 28.5 Å². The Hall–Kier alpha value is -1.18. The molecular weight excluding hydrogens is 362 g/mol. The maximum atomic E-state index is 12.4. The summed E-state index contributed by atoms with van der Waals surface area (Å²) in [4.78, 5) is 18.2. The van der Waals surface area contributed by atoms with Gasteiger partial charge >= 0.3 is 6.09 Å². The fourth-order valence-electron chi connectivity index (χ4n) is 2.50. The SMILES string of the molecule is CC(C)(C)OC(=O)N1CCOCC1C(N)Cc1cncc(Br)c1. The third-order valence-corrected chi connectivity index (χ3v) is 3.95. The van der Waals surface area contributed by atoms with Crippen LogP contribution in [0.15, 0.2) is 22.9 Å². The number of pyridine rings is 1. The lowest BCUT2D eigenvalue weighted by atomic mass is 10.00. The first-order chi connectivity index (χ1) is 10.8. The molecule has 1 aliphatic rings. The highest BCUT2D eigenvalue weighted by atomic mass is 79.9. The molecular formula is C16H24BrN3O3. The van der Waals surface area contributed by atoms with E-state index in [9.17, 15) is 4.79 Å². The molecule has 0 aromatic carbocycles. The minimum absolute atomic E-state index is 0.211. The topological polar surface area (TPSA) is 77.7 Å². The summed E-state index contributed by atoms with van der Waals surface area (Å²) in [6.45, 7) is 6.97. The van der Waals surface area contributed by atoms with Crippen LogP contribution in [0.3, 0.4) is 0 Å². The van der Waals surface area contributed by atoms with Crippen molar-refractivity contribution in [1.82, 2.24) is 9.88 Å². The Morgan fingerprint density at radius 2 is 2.30 bits per heavy atom. The monoisotopic (exact) mass is 385 g/mol. The molecule has 2 rings (SSSR count). The smallest absolute Gasteiger partial charge is 0.410 e. The third kappa shape index (κ3) is 5.44. The van der Waals surface area contributed by atoms with Gasteiger partial charge in [-0.15, -0.1) is 0 Å². The molecule has 1 aromatic heterocycles. The molecule has 1 amide bonds. The van der Waals surface area contributed by atoms with Gasteiger partial charge in [-0.3, -0.25) is 9.88 Å². The molecule has 0 radical (unpaired) electrons. The second-order valence-corrected chi connectivity index (χ2v) is 7.61. The first-order valence-electron chi connectivity index (χ1n) is 7.68. The molecule has 2 N–H and O–H groups in total. The zero-order valence-electron chi connectivity index (χ0n) is 13.8. The normalized spacial score (nSPS) is 20.2. The number of ether oxygens (including phenoxy) is 2. The summed E-state index contributed by atoms with van der Waals surface area (Å²) >= 11 is 3.40. The molecule has 1 aliphatic heterocycles. The van der Waals surface area contributed by atoms with Crippen LogP contribution in [0.4, 0.5) is 4.79 Å². The molecule has 23 heavy (non-hydrogen) atoms. The van der Waals surface area contributed by atoms with Gasteiger partial charge in [-0.25, -0.2) is 4.79 Å². The zero-order chi connectivity index (χ0) is 17.0. The van der Waals surface area contributed by atoms with E-state index in [1.807, 2.05) is 26.8 Å². The van der Waals surface area contributed by atoms with Crippen molar-refractivity contribution in [3.8, 4) is 0 Å². The van der Waals surface area contributed by atoms with E-state index < -0.39 is 5.60 Å². The van der Waals surface area contributed by atoms with Crippen LogP contribution in [0.5, 0.6) is 0 Å². The molecule has 128 valence electrons. The molecule has 1 saturated heterocycles. The molecule has 2 unspecified atom stereocenters. The Morgan fingerprint density at radius 3 is 2.96 bits per heavy atom. The van der Waals surface area contributed by atoms with E-state index in [1.54, 1.807) is 17.3 Å². The summed E-state index contributed by atoms with van der Waals surface area (Å²) in [6, 6.07) is 1.52. The number of amides is 1. The van der Waals surface area contributed by atoms with E-state index >= 15 is 0 Å². The van der Waals surface area contributed by atoms with Crippen molar-refractivity contribution in [2.24, 2.45) is 5.73 Å². The lowest BCUT2D eigenvalue weighted by Crippen LogP contribution is -2.58. The first-order valence-corrected chi connectivity index (χ1v) is 8.48. The van der Waals surface area contributed by atoms with Crippen molar-refractivity contribution in [3.63, 3.8) is 0 Å². The van der Waals surface area contributed by atoms with Crippen LogP contribution >= 0.6 is 15.9 Å². The van der Waals surface area contributed by atoms with Crippen LogP contribution in [-0.2, 0) is 15.9 Å². The predicted octanol–water partition coefficient (Wildman–Crippen LogP) is 2.35. The van der Waals surface area contributed by atoms with Crippen LogP contribution in [0.25, 0.3) is 0 Å². The number of hydrogen-bond acceptors (Lipinski definition) is 5. The number of morpholine rings is 1. The van der Waals surface area contributed by atoms with E-state index in [2.05, 4.69) is 20.9 Å². The molecule has 2 atom stereocenters. The highest BCUT2D eigenvalue weighted by molar-refractivity contribution is 9.10. The minimum atomic E-state index is -0.530. The summed E-state index contributed by atoms with van der Waals surface area (Å²) in [6.07, 6.45) is 3.78. The van der Waals surface area contributed by atoms with Gasteiger partial charge in [0.15, 0.2) is 0 Å². The highest BCUT2D eigenvalue weighted by Gasteiger charge is 2.34. The highest BCUT2D eigenvalue weighted by Crippen LogP contribution is 2.18. The molecule has 6 nitrogen and oxygen atoms in total. The summed E-state index contributed by atoms with van der Waals surface area (Å²) in [7, 11) is 0. The second-order valence-electron chi connectivity index (χ2n) is 6.70. The first kappa shape index (κ1) is 18.2. The van der Waals surface area contributed by atoms with Gasteiger partial charge in [-0.1, -0.05) is 0 Å². The van der Waals surface area contributed by atoms with Crippen LogP contribution in [0.1, 0.15) is 26.3 Å². The molecule has 0 spiro atoms. The fraction of sp³-hybridized carbons (Fsp3) is 0.625. The molecule has 1 aromatic rings. The molecule has 0 bridgehead atoms. The number of rotatable bonds is 3. The summed E-state index contributed by atoms with van der Waals surface area (Å²) in [5.74, 6) is 0. The Morgan fingerprint density at radius 1 is 1.57 bits per heavy atom. The maximum absolute atomic E-state index is 12.4. The van der Waals surface area contributed by atoms with E-state index in [4.69, 9.17) is 15.2 Å². The average molecular weight is 386 g/mol. The van der Waals surface area contributed by atoms with Gasteiger partial charge in [0.2, 0.25) is 0 Å². The van der Waals surface area contributed by atoms with Gasteiger partial charge in [0.05, 0.1) is 19.3 Å². The van der Waals surface area contributed by atoms with Gasteiger partial charge < -0.3 is 15.2 Å². The van der Waals surface area contributed by atoms with Crippen molar-refractivity contribution in [2.45, 2.75) is 44.9 Å². The third-order valence-electron chi connectivity index (χ3n) is 3.52. The molecule has 2 heterocycles. The van der Waals surface area contributed by atoms with Crippen molar-refractivity contribution >= 4 is 22.0 Å². The Balaban J connectivity index is 2.06. The Kier molecular flexibility index (Phi) is 6.00. The molecule has 0 aliphatic carbocycles. The zero-order valence-corrected chi connectivity index (χ0v) is 15.4. The Labute approximate surface area is 145 Å². The van der Waals surface area contributed by atoms with Crippen molar-refractivity contribution in [2.75, 3.05) is 19.8 Å². The quantitative estimate of drug-likeness (QED) is 0.863. The number of nitrogens with zero attached hydrogens (tertiary/aromatic N) is 2. The van der Waals surface area contributed by atoms with Crippen LogP contribution in [0, 0.1) is 0 Å². The largest absolute Gasteiger partial charge is 0.444 e. The van der Waals surface area contributed by atoms with Crippen LogP contribution in [0.2, 0.25) is 0 Å². The van der Waals surface area contributed by atoms with E-state index in [0.29, 0.717) is 26.2 Å². The average Bonchev–Trinajstić information content (AvgIpc) is 2.45. The lowest BCUT2D eigenvalue weighted by Gasteiger charge is -2.39. The maximum Gasteiger partial charge on any atom is 0.410 e. The molecule has 0 saturated carbocycles. The van der Waals surface area contributed by atoms with Gasteiger partial charge in [0.25, 0.3) is 0 Å². The number of aromatic nitrogens is 1. The predicted molar refractivity (Wildman–Crippen MR) is 91.2 cm³/mol. The van der Waals surface area contributed by atoms with Crippen LogP contribution in [-0.4, -0.2) is 53.4 Å². The second kappa shape index (κ2) is 7.59. The van der Waals surface area contributed by atoms with Crippen molar-refractivity contribution < 1.29 is 14.3 Å². The van der Waals surface area contributed by atoms with E-state index in [-0.39, 0.29) is 18.2 Å². The number of carbonyl (C=O) groups excluding carboxylic acids is 1. The number of halogens is 1. The van der Waals surface area contributed by atoms with E-state index in [1.165, 1.54) is 0 Å². The van der Waals surface area contributed by atoms with Gasteiger partial charge in [-0.2, -0.15) is 0 Å². The van der Waals surface area contributed by atoms with Crippen molar-refractivity contribution in [1.29, 1.82) is 0 Å². The van der Waals surface area contributed by atoms with Crippen LogP contribution < -0.4 is 5.73 Å².